The molecule has 2 aromatic rings. The molecule has 3 rings (SSSR count). The van der Waals surface area contributed by atoms with Gasteiger partial charge in [0.25, 0.3) is 5.69 Å². The van der Waals surface area contributed by atoms with Crippen LogP contribution in [0.2, 0.25) is 0 Å². The highest BCUT2D eigenvalue weighted by Crippen LogP contribution is 2.40. The Bertz CT molecular complexity index is 1220. The van der Waals surface area contributed by atoms with Crippen molar-refractivity contribution in [1.29, 1.82) is 0 Å². The quantitative estimate of drug-likeness (QED) is 0.166. The molecule has 1 unspecified atom stereocenters. The summed E-state index contributed by atoms with van der Waals surface area (Å²) >= 11 is 1.70. The Morgan fingerprint density at radius 2 is 1.73 bits per heavy atom. The summed E-state index contributed by atoms with van der Waals surface area (Å²) in [5.41, 5.74) is 2.89. The van der Waals surface area contributed by atoms with Gasteiger partial charge in [0, 0.05) is 34.6 Å². The lowest BCUT2D eigenvalue weighted by Gasteiger charge is -2.30. The third kappa shape index (κ3) is 7.25. The van der Waals surface area contributed by atoms with Gasteiger partial charge in [-0.1, -0.05) is 31.4 Å². The Morgan fingerprint density at radius 3 is 2.38 bits per heavy atom. The van der Waals surface area contributed by atoms with Gasteiger partial charge in [-0.05, 0) is 45.6 Å². The van der Waals surface area contributed by atoms with Crippen LogP contribution < -0.4 is 5.32 Å². The zero-order chi connectivity index (χ0) is 26.9. The Labute approximate surface area is 220 Å². The Balaban J connectivity index is 1.63. The molecule has 1 aromatic carbocycles. The number of esters is 2. The maximum absolute atomic E-state index is 13.2. The first-order chi connectivity index (χ1) is 17.7. The third-order valence-electron chi connectivity index (χ3n) is 6.23. The normalized spacial score (nSPS) is 15.4. The van der Waals surface area contributed by atoms with E-state index in [-0.39, 0.29) is 23.4 Å². The van der Waals surface area contributed by atoms with E-state index >= 15 is 0 Å². The van der Waals surface area contributed by atoms with E-state index in [0.29, 0.717) is 17.0 Å². The number of nitro groups is 1. The van der Waals surface area contributed by atoms with E-state index in [4.69, 9.17) is 9.47 Å². The number of dihydropyridines is 1. The second kappa shape index (κ2) is 13.1. The lowest BCUT2D eigenvalue weighted by atomic mass is 9.80. The molecule has 198 valence electrons. The molecular weight excluding hydrogens is 494 g/mol. The van der Waals surface area contributed by atoms with Gasteiger partial charge in [0.15, 0.2) is 0 Å². The fourth-order valence-corrected chi connectivity index (χ4v) is 5.28. The number of aromatic nitrogens is 1. The van der Waals surface area contributed by atoms with E-state index in [1.807, 2.05) is 6.92 Å². The van der Waals surface area contributed by atoms with Crippen molar-refractivity contribution in [2.24, 2.45) is 0 Å². The molecule has 37 heavy (non-hydrogen) atoms. The highest BCUT2D eigenvalue weighted by Gasteiger charge is 2.38. The number of non-ortho nitro benzene ring substituents is 1. The van der Waals surface area contributed by atoms with Crippen molar-refractivity contribution in [2.45, 2.75) is 65.2 Å². The number of aryl methyl sites for hydroxylation is 2. The van der Waals surface area contributed by atoms with Gasteiger partial charge >= 0.3 is 11.9 Å². The number of carbonyl (C=O) groups excluding carboxylic acids is 2. The van der Waals surface area contributed by atoms with E-state index in [2.05, 4.69) is 15.7 Å². The predicted octanol–water partition coefficient (Wildman–Crippen LogP) is 5.50. The van der Waals surface area contributed by atoms with Gasteiger partial charge in [-0.25, -0.2) is 14.6 Å². The summed E-state index contributed by atoms with van der Waals surface area (Å²) in [6, 6.07) is 5.94. The minimum Gasteiger partial charge on any atom is -0.466 e. The first-order valence-electron chi connectivity index (χ1n) is 12.3. The van der Waals surface area contributed by atoms with Crippen LogP contribution in [-0.4, -0.2) is 35.6 Å². The number of hydrogen-bond donors (Lipinski definition) is 1. The van der Waals surface area contributed by atoms with Crippen LogP contribution in [0.5, 0.6) is 0 Å². The first-order valence-corrected chi connectivity index (χ1v) is 13.2. The molecule has 0 amide bonds. The van der Waals surface area contributed by atoms with E-state index in [1.165, 1.54) is 30.3 Å². The number of rotatable bonds is 12. The summed E-state index contributed by atoms with van der Waals surface area (Å²) in [5, 5.41) is 17.7. The zero-order valence-electron chi connectivity index (χ0n) is 21.7. The molecule has 0 bridgehead atoms. The molecule has 1 atom stereocenters. The van der Waals surface area contributed by atoms with Gasteiger partial charge in [-0.2, -0.15) is 0 Å². The summed E-state index contributed by atoms with van der Waals surface area (Å²) in [5.74, 6) is -2.03. The molecule has 0 saturated carbocycles. The van der Waals surface area contributed by atoms with Crippen molar-refractivity contribution >= 4 is 29.0 Å². The summed E-state index contributed by atoms with van der Waals surface area (Å²) in [7, 11) is 1.26. The molecular formula is C27H33N3O6S. The fourth-order valence-electron chi connectivity index (χ4n) is 4.47. The third-order valence-corrected chi connectivity index (χ3v) is 7.26. The predicted molar refractivity (Wildman–Crippen MR) is 141 cm³/mol. The zero-order valence-corrected chi connectivity index (χ0v) is 22.5. The van der Waals surface area contributed by atoms with Gasteiger partial charge in [-0.3, -0.25) is 10.1 Å². The highest BCUT2D eigenvalue weighted by atomic mass is 32.1. The average Bonchev–Trinajstić information content (AvgIpc) is 3.29. The number of unbranched alkanes of at least 4 members (excludes halogenated alkanes) is 4. The number of nitrogens with zero attached hydrogens (tertiary/aromatic N) is 2. The van der Waals surface area contributed by atoms with Crippen molar-refractivity contribution in [2.75, 3.05) is 13.7 Å². The maximum atomic E-state index is 13.2. The number of nitrogens with one attached hydrogen (secondary N) is 1. The van der Waals surface area contributed by atoms with Crippen LogP contribution in [0.4, 0.5) is 5.69 Å². The van der Waals surface area contributed by atoms with Crippen molar-refractivity contribution in [1.82, 2.24) is 10.3 Å². The minimum absolute atomic E-state index is 0.131. The lowest BCUT2D eigenvalue weighted by Crippen LogP contribution is -2.32. The molecule has 1 aliphatic rings. The summed E-state index contributed by atoms with van der Waals surface area (Å²) in [6.07, 6.45) is 5.85. The van der Waals surface area contributed by atoms with Crippen LogP contribution in [0.25, 0.3) is 0 Å². The number of thiazole rings is 1. The molecule has 10 heteroatoms. The van der Waals surface area contributed by atoms with Crippen molar-refractivity contribution < 1.29 is 24.0 Å². The van der Waals surface area contributed by atoms with Crippen LogP contribution in [0.1, 0.15) is 68.1 Å². The van der Waals surface area contributed by atoms with Crippen LogP contribution in [0.3, 0.4) is 0 Å². The van der Waals surface area contributed by atoms with Gasteiger partial charge in [0.05, 0.1) is 40.7 Å². The Hall–Kier alpha value is -3.53. The molecule has 0 saturated heterocycles. The van der Waals surface area contributed by atoms with Crippen molar-refractivity contribution in [3.63, 3.8) is 0 Å². The topological polar surface area (TPSA) is 121 Å². The number of allylic oxidation sites excluding steroid dienone is 2. The summed E-state index contributed by atoms with van der Waals surface area (Å²) < 4.78 is 10.6. The van der Waals surface area contributed by atoms with Gasteiger partial charge < -0.3 is 14.8 Å². The van der Waals surface area contributed by atoms with Gasteiger partial charge in [0.2, 0.25) is 0 Å². The maximum Gasteiger partial charge on any atom is 0.336 e. The van der Waals surface area contributed by atoms with Gasteiger partial charge in [0.1, 0.15) is 0 Å². The molecule has 0 spiro atoms. The molecule has 1 N–H and O–H groups in total. The number of carbonyl (C=O) groups is 2. The fraction of sp³-hybridized carbons (Fsp3) is 0.444. The molecule has 0 fully saturated rings. The largest absolute Gasteiger partial charge is 0.466 e. The van der Waals surface area contributed by atoms with E-state index in [1.54, 1.807) is 31.3 Å². The minimum atomic E-state index is -0.851. The molecule has 1 aromatic heterocycles. The highest BCUT2D eigenvalue weighted by molar-refractivity contribution is 7.09. The van der Waals surface area contributed by atoms with E-state index in [9.17, 15) is 19.7 Å². The van der Waals surface area contributed by atoms with Gasteiger partial charge in [-0.15, -0.1) is 11.3 Å². The van der Waals surface area contributed by atoms with Crippen LogP contribution >= 0.6 is 11.3 Å². The summed E-state index contributed by atoms with van der Waals surface area (Å²) in [4.78, 5) is 41.3. The molecule has 2 heterocycles. The smallest absolute Gasteiger partial charge is 0.336 e. The van der Waals surface area contributed by atoms with E-state index < -0.39 is 22.8 Å². The number of nitro benzene ring substituents is 1. The number of benzene rings is 1. The molecule has 9 nitrogen and oxygen atoms in total. The van der Waals surface area contributed by atoms with Crippen LogP contribution in [-0.2, 0) is 25.5 Å². The van der Waals surface area contributed by atoms with Crippen LogP contribution in [0, 0.1) is 17.0 Å². The summed E-state index contributed by atoms with van der Waals surface area (Å²) in [6.45, 7) is 5.68. The SMILES string of the molecule is COC(=O)C1=C(C)NC(C)=C(C(=O)OCCCCCCCc2nc(C)cs2)C1c1cccc([N+](=O)[O-])c1. The van der Waals surface area contributed by atoms with Crippen molar-refractivity contribution in [3.05, 3.63) is 78.6 Å². The molecule has 0 aliphatic carbocycles. The Kier molecular flexibility index (Phi) is 9.96. The van der Waals surface area contributed by atoms with Crippen LogP contribution in [0.15, 0.2) is 52.2 Å². The van der Waals surface area contributed by atoms with Crippen molar-refractivity contribution in [3.8, 4) is 0 Å². The first kappa shape index (κ1) is 28.0. The van der Waals surface area contributed by atoms with E-state index in [0.717, 1.165) is 44.2 Å². The number of hydrogen-bond acceptors (Lipinski definition) is 9. The lowest BCUT2D eigenvalue weighted by molar-refractivity contribution is -0.384. The number of methoxy groups -OCH3 is 1. The second-order valence-electron chi connectivity index (χ2n) is 9.02. The second-order valence-corrected chi connectivity index (χ2v) is 9.96. The number of ether oxygens (including phenoxy) is 2. The average molecular weight is 528 g/mol. The molecule has 1 aliphatic heterocycles. The standard InChI is InChI=1S/C27H33N3O6S/c1-17-16-37-22(28-17)13-8-6-5-7-9-14-36-27(32)24-19(3)29-18(2)23(26(31)35-4)25(24)20-11-10-12-21(15-20)30(33)34/h10-12,15-16,25,29H,5-9,13-14H2,1-4H3. The molecule has 0 radical (unpaired) electrons. The monoisotopic (exact) mass is 527 g/mol. The Morgan fingerprint density at radius 1 is 1.05 bits per heavy atom.